The van der Waals surface area contributed by atoms with Crippen molar-refractivity contribution in [3.63, 3.8) is 0 Å². The molecule has 0 spiro atoms. The fraction of sp³-hybridized carbons (Fsp3) is 0.100. The van der Waals surface area contributed by atoms with Crippen LogP contribution in [-0.4, -0.2) is 16.7 Å². The van der Waals surface area contributed by atoms with Crippen LogP contribution >= 0.6 is 15.9 Å². The van der Waals surface area contributed by atoms with Gasteiger partial charge in [-0.25, -0.2) is 4.98 Å². The van der Waals surface area contributed by atoms with Crippen LogP contribution in [0.3, 0.4) is 0 Å². The maximum atomic E-state index is 5.14. The highest BCUT2D eigenvalue weighted by atomic mass is 79.9. The summed E-state index contributed by atoms with van der Waals surface area (Å²) in [6.07, 6.45) is 3.65. The smallest absolute Gasteiger partial charge is 0.124 e. The Balaban J connectivity index is 2.41. The first-order valence-electron chi connectivity index (χ1n) is 4.13. The van der Waals surface area contributed by atoms with E-state index in [2.05, 4.69) is 20.9 Å². The Labute approximate surface area is 90.5 Å². The van der Waals surface area contributed by atoms with Gasteiger partial charge in [0.2, 0.25) is 0 Å². The number of hydrogen-bond acceptors (Lipinski definition) is 2. The van der Waals surface area contributed by atoms with E-state index in [0.29, 0.717) is 0 Å². The molecule has 0 atom stereocenters. The lowest BCUT2D eigenvalue weighted by Crippen LogP contribution is -1.90. The highest BCUT2D eigenvalue weighted by Crippen LogP contribution is 2.17. The van der Waals surface area contributed by atoms with Gasteiger partial charge in [-0.2, -0.15) is 0 Å². The van der Waals surface area contributed by atoms with E-state index >= 15 is 0 Å². The summed E-state index contributed by atoms with van der Waals surface area (Å²) in [4.78, 5) is 4.09. The van der Waals surface area contributed by atoms with Crippen molar-refractivity contribution in [1.29, 1.82) is 0 Å². The lowest BCUT2D eigenvalue weighted by atomic mass is 10.3. The Bertz CT molecular complexity index is 439. The topological polar surface area (TPSA) is 27.1 Å². The first-order chi connectivity index (χ1) is 6.79. The highest BCUT2D eigenvalue weighted by molar-refractivity contribution is 9.10. The summed E-state index contributed by atoms with van der Waals surface area (Å²) in [6.45, 7) is 0. The molecular formula is C10H9BrN2O. The number of ether oxygens (including phenoxy) is 1. The summed E-state index contributed by atoms with van der Waals surface area (Å²) in [5.41, 5.74) is 1.03. The third-order valence-corrected chi connectivity index (χ3v) is 2.31. The van der Waals surface area contributed by atoms with E-state index in [1.807, 2.05) is 35.0 Å². The van der Waals surface area contributed by atoms with E-state index in [9.17, 15) is 0 Å². The van der Waals surface area contributed by atoms with E-state index in [1.165, 1.54) is 0 Å². The van der Waals surface area contributed by atoms with Gasteiger partial charge < -0.3 is 9.30 Å². The number of imidazole rings is 1. The van der Waals surface area contributed by atoms with Gasteiger partial charge in [0.05, 0.1) is 12.8 Å². The van der Waals surface area contributed by atoms with Crippen LogP contribution in [0.4, 0.5) is 0 Å². The fourth-order valence-electron chi connectivity index (χ4n) is 1.21. The second-order valence-electron chi connectivity index (χ2n) is 2.81. The first kappa shape index (κ1) is 9.27. The molecule has 1 heterocycles. The van der Waals surface area contributed by atoms with E-state index < -0.39 is 0 Å². The average molecular weight is 253 g/mol. The molecule has 0 saturated carbocycles. The molecule has 0 radical (unpaired) electrons. The second-order valence-corrected chi connectivity index (χ2v) is 3.62. The zero-order valence-corrected chi connectivity index (χ0v) is 9.23. The molecular weight excluding hydrogens is 244 g/mol. The first-order valence-corrected chi connectivity index (χ1v) is 4.93. The molecule has 0 fully saturated rings. The number of rotatable bonds is 2. The largest absolute Gasteiger partial charge is 0.497 e. The second kappa shape index (κ2) is 3.84. The molecule has 72 valence electrons. The molecule has 0 aliphatic rings. The van der Waals surface area contributed by atoms with E-state index in [-0.39, 0.29) is 0 Å². The Morgan fingerprint density at radius 2 is 2.29 bits per heavy atom. The lowest BCUT2D eigenvalue weighted by Gasteiger charge is -2.04. The molecule has 3 nitrogen and oxygen atoms in total. The molecule has 2 rings (SSSR count). The Kier molecular flexibility index (Phi) is 2.54. The molecule has 4 heteroatoms. The van der Waals surface area contributed by atoms with Gasteiger partial charge in [0.1, 0.15) is 16.7 Å². The molecule has 2 aromatic rings. The number of methoxy groups -OCH3 is 1. The third kappa shape index (κ3) is 1.80. The van der Waals surface area contributed by atoms with E-state index in [0.717, 1.165) is 16.0 Å². The highest BCUT2D eigenvalue weighted by Gasteiger charge is 1.99. The molecule has 1 aromatic carbocycles. The third-order valence-electron chi connectivity index (χ3n) is 1.90. The monoisotopic (exact) mass is 252 g/mol. The van der Waals surface area contributed by atoms with E-state index in [4.69, 9.17) is 4.74 Å². The van der Waals surface area contributed by atoms with Gasteiger partial charge in [0, 0.05) is 12.3 Å². The van der Waals surface area contributed by atoms with Crippen LogP contribution in [0.5, 0.6) is 5.75 Å². The molecule has 14 heavy (non-hydrogen) atoms. The summed E-state index contributed by atoms with van der Waals surface area (Å²) in [7, 11) is 1.66. The predicted molar refractivity (Wildman–Crippen MR) is 57.8 cm³/mol. The maximum absolute atomic E-state index is 5.14. The molecule has 0 bridgehead atoms. The van der Waals surface area contributed by atoms with Crippen molar-refractivity contribution >= 4 is 15.9 Å². The predicted octanol–water partition coefficient (Wildman–Crippen LogP) is 2.64. The molecule has 1 aromatic heterocycles. The molecule has 0 aliphatic heterocycles. The van der Waals surface area contributed by atoms with Crippen LogP contribution in [0.2, 0.25) is 0 Å². The van der Waals surface area contributed by atoms with Gasteiger partial charge in [0.15, 0.2) is 0 Å². The SMILES string of the molecule is COc1cccc(-n2cnc(Br)c2)c1. The quantitative estimate of drug-likeness (QED) is 0.822. The van der Waals surface area contributed by atoms with Crippen LogP contribution in [0.25, 0.3) is 5.69 Å². The van der Waals surface area contributed by atoms with Crippen molar-refractivity contribution < 1.29 is 4.74 Å². The number of hydrogen-bond donors (Lipinski definition) is 0. The van der Waals surface area contributed by atoms with Crippen LogP contribution in [-0.2, 0) is 0 Å². The van der Waals surface area contributed by atoms with Crippen LogP contribution < -0.4 is 4.74 Å². The fourth-order valence-corrected chi connectivity index (χ4v) is 1.52. The minimum absolute atomic E-state index is 0.820. The van der Waals surface area contributed by atoms with Crippen LogP contribution in [0, 0.1) is 0 Å². The van der Waals surface area contributed by atoms with Gasteiger partial charge in [-0.3, -0.25) is 0 Å². The summed E-state index contributed by atoms with van der Waals surface area (Å²) >= 11 is 3.30. The summed E-state index contributed by atoms with van der Waals surface area (Å²) < 4.78 is 7.88. The minimum Gasteiger partial charge on any atom is -0.497 e. The summed E-state index contributed by atoms with van der Waals surface area (Å²) in [6, 6.07) is 7.81. The van der Waals surface area contributed by atoms with Gasteiger partial charge in [-0.15, -0.1) is 0 Å². The van der Waals surface area contributed by atoms with Gasteiger partial charge >= 0.3 is 0 Å². The molecule has 0 N–H and O–H groups in total. The Hall–Kier alpha value is -1.29. The molecule has 0 saturated heterocycles. The zero-order chi connectivity index (χ0) is 9.97. The number of halogens is 1. The van der Waals surface area contributed by atoms with Gasteiger partial charge in [0.25, 0.3) is 0 Å². The summed E-state index contributed by atoms with van der Waals surface area (Å²) in [5.74, 6) is 0.840. The van der Waals surface area contributed by atoms with E-state index in [1.54, 1.807) is 13.4 Å². The summed E-state index contributed by atoms with van der Waals surface area (Å²) in [5, 5.41) is 0. The standard InChI is InChI=1S/C10H9BrN2O/c1-14-9-4-2-3-8(5-9)13-6-10(11)12-7-13/h2-7H,1H3. The Morgan fingerprint density at radius 1 is 1.43 bits per heavy atom. The molecule has 0 aliphatic carbocycles. The van der Waals surface area contributed by atoms with Crippen molar-refractivity contribution in [3.05, 3.63) is 41.4 Å². The Morgan fingerprint density at radius 3 is 2.93 bits per heavy atom. The van der Waals surface area contributed by atoms with Crippen molar-refractivity contribution in [2.75, 3.05) is 7.11 Å². The van der Waals surface area contributed by atoms with Crippen LogP contribution in [0.15, 0.2) is 41.4 Å². The van der Waals surface area contributed by atoms with Gasteiger partial charge in [-0.1, -0.05) is 6.07 Å². The number of nitrogens with zero attached hydrogens (tertiary/aromatic N) is 2. The number of benzene rings is 1. The number of aromatic nitrogens is 2. The molecule has 0 unspecified atom stereocenters. The zero-order valence-electron chi connectivity index (χ0n) is 7.64. The maximum Gasteiger partial charge on any atom is 0.124 e. The minimum atomic E-state index is 0.820. The van der Waals surface area contributed by atoms with Crippen molar-refractivity contribution in [2.45, 2.75) is 0 Å². The van der Waals surface area contributed by atoms with Crippen molar-refractivity contribution in [1.82, 2.24) is 9.55 Å². The van der Waals surface area contributed by atoms with Crippen molar-refractivity contribution in [2.24, 2.45) is 0 Å². The van der Waals surface area contributed by atoms with Crippen LogP contribution in [0.1, 0.15) is 0 Å². The normalized spacial score (nSPS) is 10.1. The average Bonchev–Trinajstić information content (AvgIpc) is 2.65. The molecule has 0 amide bonds. The van der Waals surface area contributed by atoms with Crippen molar-refractivity contribution in [3.8, 4) is 11.4 Å². The van der Waals surface area contributed by atoms with Gasteiger partial charge in [-0.05, 0) is 28.1 Å². The lowest BCUT2D eigenvalue weighted by molar-refractivity contribution is 0.414.